The molecule has 1 saturated heterocycles. The van der Waals surface area contributed by atoms with Crippen LogP contribution < -0.4 is 5.32 Å². The van der Waals surface area contributed by atoms with Crippen molar-refractivity contribution in [3.05, 3.63) is 11.7 Å². The Morgan fingerprint density at radius 2 is 2.41 bits per heavy atom. The van der Waals surface area contributed by atoms with E-state index in [9.17, 15) is 0 Å². The van der Waals surface area contributed by atoms with Gasteiger partial charge in [-0.3, -0.25) is 0 Å². The molecule has 0 aromatic carbocycles. The van der Waals surface area contributed by atoms with Crippen molar-refractivity contribution in [3.63, 3.8) is 0 Å². The number of nitrogens with one attached hydrogen (secondary N) is 1. The Morgan fingerprint density at radius 1 is 1.53 bits per heavy atom. The van der Waals surface area contributed by atoms with Crippen molar-refractivity contribution >= 4 is 0 Å². The first kappa shape index (κ1) is 12.5. The zero-order valence-electron chi connectivity index (χ0n) is 10.6. The van der Waals surface area contributed by atoms with Crippen LogP contribution in [0.15, 0.2) is 4.52 Å². The van der Waals surface area contributed by atoms with Crippen molar-refractivity contribution in [1.29, 1.82) is 0 Å². The Bertz CT molecular complexity index is 334. The summed E-state index contributed by atoms with van der Waals surface area (Å²) in [6, 6.07) is 0.332. The summed E-state index contributed by atoms with van der Waals surface area (Å²) in [4.78, 5) is 4.32. The standard InChI is InChI=1S/C12H21N3O2/c1-3-5-11-14-12(17-15-11)8-13-9(2)10-6-4-7-16-10/h9-10,13H,3-8H2,1-2H3. The van der Waals surface area contributed by atoms with Gasteiger partial charge in [-0.15, -0.1) is 0 Å². The third kappa shape index (κ3) is 3.51. The molecule has 0 saturated carbocycles. The minimum Gasteiger partial charge on any atom is -0.377 e. The summed E-state index contributed by atoms with van der Waals surface area (Å²) in [6.07, 6.45) is 4.55. The summed E-state index contributed by atoms with van der Waals surface area (Å²) in [7, 11) is 0. The third-order valence-electron chi connectivity index (χ3n) is 3.08. The highest BCUT2D eigenvalue weighted by Crippen LogP contribution is 2.15. The Morgan fingerprint density at radius 3 is 3.12 bits per heavy atom. The first-order valence-corrected chi connectivity index (χ1v) is 6.46. The molecule has 17 heavy (non-hydrogen) atoms. The summed E-state index contributed by atoms with van der Waals surface area (Å²) in [5.41, 5.74) is 0. The van der Waals surface area contributed by atoms with E-state index in [1.54, 1.807) is 0 Å². The first-order chi connectivity index (χ1) is 8.29. The number of nitrogens with zero attached hydrogens (tertiary/aromatic N) is 2. The van der Waals surface area contributed by atoms with Gasteiger partial charge in [0.05, 0.1) is 12.6 Å². The van der Waals surface area contributed by atoms with Crippen molar-refractivity contribution in [1.82, 2.24) is 15.5 Å². The molecule has 1 aliphatic heterocycles. The molecule has 1 aromatic rings. The van der Waals surface area contributed by atoms with Crippen LogP contribution >= 0.6 is 0 Å². The predicted molar refractivity (Wildman–Crippen MR) is 63.6 cm³/mol. The summed E-state index contributed by atoms with van der Waals surface area (Å²) in [5.74, 6) is 1.47. The lowest BCUT2D eigenvalue weighted by Crippen LogP contribution is -2.36. The van der Waals surface area contributed by atoms with Crippen molar-refractivity contribution in [2.24, 2.45) is 0 Å². The molecule has 1 aliphatic rings. The van der Waals surface area contributed by atoms with Crippen LogP contribution in [0.5, 0.6) is 0 Å². The molecule has 2 heterocycles. The van der Waals surface area contributed by atoms with Crippen molar-refractivity contribution in [3.8, 4) is 0 Å². The van der Waals surface area contributed by atoms with Crippen LogP contribution in [0.25, 0.3) is 0 Å². The van der Waals surface area contributed by atoms with Crippen molar-refractivity contribution in [2.75, 3.05) is 6.61 Å². The number of hydrogen-bond donors (Lipinski definition) is 1. The Balaban J connectivity index is 1.76. The maximum atomic E-state index is 5.62. The fourth-order valence-electron chi connectivity index (χ4n) is 2.06. The fraction of sp³-hybridized carbons (Fsp3) is 0.833. The van der Waals surface area contributed by atoms with Crippen LogP contribution in [0.4, 0.5) is 0 Å². The van der Waals surface area contributed by atoms with E-state index in [2.05, 4.69) is 29.3 Å². The highest BCUT2D eigenvalue weighted by molar-refractivity contribution is 4.87. The van der Waals surface area contributed by atoms with Gasteiger partial charge in [0.1, 0.15) is 0 Å². The largest absolute Gasteiger partial charge is 0.377 e. The van der Waals surface area contributed by atoms with Gasteiger partial charge in [0.2, 0.25) is 5.89 Å². The van der Waals surface area contributed by atoms with E-state index >= 15 is 0 Å². The quantitative estimate of drug-likeness (QED) is 0.818. The first-order valence-electron chi connectivity index (χ1n) is 6.46. The molecule has 0 radical (unpaired) electrons. The monoisotopic (exact) mass is 239 g/mol. The molecule has 5 nitrogen and oxygen atoms in total. The van der Waals surface area contributed by atoms with Crippen LogP contribution in [0.1, 0.15) is 44.8 Å². The Hall–Kier alpha value is -0.940. The number of aryl methyl sites for hydroxylation is 1. The zero-order valence-corrected chi connectivity index (χ0v) is 10.6. The van der Waals surface area contributed by atoms with Crippen molar-refractivity contribution < 1.29 is 9.26 Å². The van der Waals surface area contributed by atoms with E-state index in [1.807, 2.05) is 0 Å². The average Bonchev–Trinajstić information content (AvgIpc) is 2.97. The average molecular weight is 239 g/mol. The second kappa shape index (κ2) is 6.12. The molecule has 0 bridgehead atoms. The molecule has 2 atom stereocenters. The summed E-state index contributed by atoms with van der Waals surface area (Å²) >= 11 is 0. The van der Waals surface area contributed by atoms with Crippen LogP contribution in [0, 0.1) is 0 Å². The Labute approximate surface area is 102 Å². The van der Waals surface area contributed by atoms with Gasteiger partial charge < -0.3 is 14.6 Å². The highest BCUT2D eigenvalue weighted by atomic mass is 16.5. The van der Waals surface area contributed by atoms with Crippen LogP contribution in [-0.4, -0.2) is 28.9 Å². The second-order valence-electron chi connectivity index (χ2n) is 4.58. The number of hydrogen-bond acceptors (Lipinski definition) is 5. The van der Waals surface area contributed by atoms with Gasteiger partial charge in [-0.1, -0.05) is 12.1 Å². The highest BCUT2D eigenvalue weighted by Gasteiger charge is 2.22. The summed E-state index contributed by atoms with van der Waals surface area (Å²) in [5, 5.41) is 7.30. The molecule has 1 aromatic heterocycles. The van der Waals surface area contributed by atoms with E-state index < -0.39 is 0 Å². The van der Waals surface area contributed by atoms with Gasteiger partial charge in [0.25, 0.3) is 0 Å². The molecule has 2 rings (SSSR count). The third-order valence-corrected chi connectivity index (χ3v) is 3.08. The molecular formula is C12H21N3O2. The maximum absolute atomic E-state index is 5.62. The Kier molecular flexibility index (Phi) is 4.50. The fourth-order valence-corrected chi connectivity index (χ4v) is 2.06. The lowest BCUT2D eigenvalue weighted by molar-refractivity contribution is 0.0822. The smallest absolute Gasteiger partial charge is 0.240 e. The van der Waals surface area contributed by atoms with Gasteiger partial charge in [-0.2, -0.15) is 4.98 Å². The molecule has 1 fully saturated rings. The van der Waals surface area contributed by atoms with Crippen LogP contribution in [0.3, 0.4) is 0 Å². The molecule has 96 valence electrons. The predicted octanol–water partition coefficient (Wildman–Crippen LogP) is 1.68. The van der Waals surface area contributed by atoms with Crippen LogP contribution in [-0.2, 0) is 17.7 Å². The van der Waals surface area contributed by atoms with Gasteiger partial charge in [-0.05, 0) is 26.2 Å². The minimum atomic E-state index is 0.327. The molecule has 1 N–H and O–H groups in total. The zero-order chi connectivity index (χ0) is 12.1. The summed E-state index contributed by atoms with van der Waals surface area (Å²) in [6.45, 7) is 5.75. The molecular weight excluding hydrogens is 218 g/mol. The van der Waals surface area contributed by atoms with E-state index in [0.29, 0.717) is 24.6 Å². The van der Waals surface area contributed by atoms with E-state index in [1.165, 1.54) is 0 Å². The number of aromatic nitrogens is 2. The molecule has 2 unspecified atom stereocenters. The van der Waals surface area contributed by atoms with Crippen molar-refractivity contribution in [2.45, 2.75) is 58.2 Å². The lowest BCUT2D eigenvalue weighted by Gasteiger charge is -2.18. The van der Waals surface area contributed by atoms with E-state index in [4.69, 9.17) is 9.26 Å². The summed E-state index contributed by atoms with van der Waals surface area (Å²) < 4.78 is 10.8. The molecule has 0 spiro atoms. The lowest BCUT2D eigenvalue weighted by atomic mass is 10.1. The minimum absolute atomic E-state index is 0.327. The number of ether oxygens (including phenoxy) is 1. The van der Waals surface area contributed by atoms with Gasteiger partial charge in [-0.25, -0.2) is 0 Å². The van der Waals surface area contributed by atoms with E-state index in [-0.39, 0.29) is 0 Å². The van der Waals surface area contributed by atoms with Gasteiger partial charge in [0.15, 0.2) is 5.82 Å². The van der Waals surface area contributed by atoms with Gasteiger partial charge >= 0.3 is 0 Å². The number of rotatable bonds is 6. The van der Waals surface area contributed by atoms with E-state index in [0.717, 1.165) is 38.1 Å². The van der Waals surface area contributed by atoms with Gasteiger partial charge in [0, 0.05) is 19.1 Å². The molecule has 0 amide bonds. The maximum Gasteiger partial charge on any atom is 0.240 e. The molecule has 5 heteroatoms. The normalized spacial score (nSPS) is 21.9. The van der Waals surface area contributed by atoms with Crippen LogP contribution in [0.2, 0.25) is 0 Å². The second-order valence-corrected chi connectivity index (χ2v) is 4.58. The molecule has 0 aliphatic carbocycles. The topological polar surface area (TPSA) is 60.2 Å². The SMILES string of the molecule is CCCc1noc(CNC(C)C2CCCO2)n1.